The highest BCUT2D eigenvalue weighted by Gasteiger charge is 2.47. The van der Waals surface area contributed by atoms with Gasteiger partial charge in [0.05, 0.1) is 11.2 Å². The zero-order valence-electron chi connectivity index (χ0n) is 12.1. The quantitative estimate of drug-likeness (QED) is 0.917. The zero-order chi connectivity index (χ0) is 14.2. The zero-order valence-corrected chi connectivity index (χ0v) is 12.1. The van der Waals surface area contributed by atoms with Gasteiger partial charge < -0.3 is 9.84 Å². The van der Waals surface area contributed by atoms with Crippen LogP contribution in [0.25, 0.3) is 0 Å². The number of hydrogen-bond acceptors (Lipinski definition) is 2. The van der Waals surface area contributed by atoms with Gasteiger partial charge in [-0.1, -0.05) is 18.2 Å². The third-order valence-corrected chi connectivity index (χ3v) is 5.14. The fraction of sp³-hybridized carbons (Fsp3) is 0.647. The second kappa shape index (κ2) is 5.12. The van der Waals surface area contributed by atoms with Crippen molar-refractivity contribution in [3.05, 3.63) is 35.6 Å². The van der Waals surface area contributed by atoms with E-state index in [4.69, 9.17) is 4.74 Å². The molecule has 0 radical (unpaired) electrons. The van der Waals surface area contributed by atoms with Gasteiger partial charge in [0, 0.05) is 13.0 Å². The van der Waals surface area contributed by atoms with Crippen molar-refractivity contribution in [2.24, 2.45) is 5.92 Å². The number of benzene rings is 1. The van der Waals surface area contributed by atoms with Crippen molar-refractivity contribution in [3.8, 4) is 0 Å². The first kappa shape index (κ1) is 14.0. The van der Waals surface area contributed by atoms with Crippen molar-refractivity contribution in [2.45, 2.75) is 56.7 Å². The minimum atomic E-state index is -0.867. The van der Waals surface area contributed by atoms with Crippen LogP contribution in [0.5, 0.6) is 0 Å². The Hall–Kier alpha value is -0.930. The molecule has 1 aliphatic heterocycles. The molecule has 1 saturated carbocycles. The molecule has 0 bridgehead atoms. The van der Waals surface area contributed by atoms with Gasteiger partial charge in [-0.05, 0) is 56.6 Å². The molecule has 3 heteroatoms. The summed E-state index contributed by atoms with van der Waals surface area (Å²) in [4.78, 5) is 0. The summed E-state index contributed by atoms with van der Waals surface area (Å²) in [5.74, 6) is -0.0330. The van der Waals surface area contributed by atoms with Crippen LogP contribution in [0.15, 0.2) is 24.3 Å². The van der Waals surface area contributed by atoms with E-state index in [0.29, 0.717) is 12.0 Å². The normalized spacial score (nSPS) is 27.9. The summed E-state index contributed by atoms with van der Waals surface area (Å²) in [6.45, 7) is 2.57. The van der Waals surface area contributed by atoms with Crippen LogP contribution in [-0.2, 0) is 11.2 Å². The lowest BCUT2D eigenvalue weighted by Gasteiger charge is -2.50. The molecule has 1 N–H and O–H groups in total. The summed E-state index contributed by atoms with van der Waals surface area (Å²) in [7, 11) is 0. The minimum Gasteiger partial charge on any atom is -0.390 e. The van der Waals surface area contributed by atoms with E-state index in [0.717, 1.165) is 32.3 Å². The second-order valence-corrected chi connectivity index (χ2v) is 6.70. The third kappa shape index (κ3) is 2.61. The maximum Gasteiger partial charge on any atom is 0.126 e. The molecule has 1 heterocycles. The highest BCUT2D eigenvalue weighted by molar-refractivity contribution is 5.19. The van der Waals surface area contributed by atoms with Crippen molar-refractivity contribution in [3.63, 3.8) is 0 Å². The van der Waals surface area contributed by atoms with Crippen LogP contribution < -0.4 is 0 Å². The van der Waals surface area contributed by atoms with Crippen molar-refractivity contribution in [1.82, 2.24) is 0 Å². The third-order valence-electron chi connectivity index (χ3n) is 5.14. The second-order valence-electron chi connectivity index (χ2n) is 6.70. The SMILES string of the molecule is CC(O)(Cc1ccccc1F)C1CCOC2(CCC2)C1. The van der Waals surface area contributed by atoms with E-state index in [9.17, 15) is 9.50 Å². The molecule has 1 spiro atoms. The molecule has 2 aliphatic rings. The van der Waals surface area contributed by atoms with Crippen LogP contribution in [0.3, 0.4) is 0 Å². The molecule has 2 unspecified atom stereocenters. The van der Waals surface area contributed by atoms with E-state index in [1.54, 1.807) is 12.1 Å². The lowest BCUT2D eigenvalue weighted by Crippen LogP contribution is -2.51. The van der Waals surface area contributed by atoms with E-state index in [1.807, 2.05) is 13.0 Å². The summed E-state index contributed by atoms with van der Waals surface area (Å²) in [5, 5.41) is 10.8. The average Bonchev–Trinajstić information content (AvgIpc) is 2.40. The van der Waals surface area contributed by atoms with Crippen molar-refractivity contribution < 1.29 is 14.2 Å². The average molecular weight is 278 g/mol. The highest BCUT2D eigenvalue weighted by Crippen LogP contribution is 2.47. The fourth-order valence-corrected chi connectivity index (χ4v) is 3.65. The largest absolute Gasteiger partial charge is 0.390 e. The number of hydrogen-bond donors (Lipinski definition) is 1. The monoisotopic (exact) mass is 278 g/mol. The number of ether oxygens (including phenoxy) is 1. The predicted molar refractivity (Wildman–Crippen MR) is 76.0 cm³/mol. The molecular weight excluding hydrogens is 255 g/mol. The molecule has 20 heavy (non-hydrogen) atoms. The van der Waals surface area contributed by atoms with Crippen molar-refractivity contribution >= 4 is 0 Å². The molecule has 2 fully saturated rings. The maximum atomic E-state index is 13.8. The summed E-state index contributed by atoms with van der Waals surface area (Å²) in [6, 6.07) is 6.74. The fourth-order valence-electron chi connectivity index (χ4n) is 3.65. The van der Waals surface area contributed by atoms with Crippen LogP contribution in [0.2, 0.25) is 0 Å². The van der Waals surface area contributed by atoms with Crippen molar-refractivity contribution in [1.29, 1.82) is 0 Å². The van der Waals surface area contributed by atoms with E-state index in [2.05, 4.69) is 0 Å². The smallest absolute Gasteiger partial charge is 0.126 e. The lowest BCUT2D eigenvalue weighted by atomic mass is 9.67. The Labute approximate surface area is 120 Å². The Balaban J connectivity index is 1.72. The van der Waals surface area contributed by atoms with Crippen LogP contribution >= 0.6 is 0 Å². The molecule has 2 nitrogen and oxygen atoms in total. The molecule has 2 atom stereocenters. The first-order valence-electron chi connectivity index (χ1n) is 7.61. The molecule has 1 aliphatic carbocycles. The molecular formula is C17H23FO2. The van der Waals surface area contributed by atoms with E-state index >= 15 is 0 Å². The maximum absolute atomic E-state index is 13.8. The van der Waals surface area contributed by atoms with Crippen LogP contribution in [0, 0.1) is 11.7 Å². The molecule has 0 amide bonds. The molecule has 1 aromatic carbocycles. The van der Waals surface area contributed by atoms with Gasteiger partial charge in [-0.2, -0.15) is 0 Å². The number of rotatable bonds is 3. The summed E-state index contributed by atoms with van der Waals surface area (Å²) < 4.78 is 19.7. The lowest BCUT2D eigenvalue weighted by molar-refractivity contribution is -0.172. The van der Waals surface area contributed by atoms with E-state index in [1.165, 1.54) is 12.5 Å². The summed E-state index contributed by atoms with van der Waals surface area (Å²) in [5.41, 5.74) is -0.247. The Morgan fingerprint density at radius 1 is 1.40 bits per heavy atom. The van der Waals surface area contributed by atoms with Crippen molar-refractivity contribution in [2.75, 3.05) is 6.61 Å². The van der Waals surface area contributed by atoms with Gasteiger partial charge in [0.2, 0.25) is 0 Å². The Morgan fingerprint density at radius 2 is 2.15 bits per heavy atom. The van der Waals surface area contributed by atoms with Gasteiger partial charge in [-0.3, -0.25) is 0 Å². The van der Waals surface area contributed by atoms with E-state index in [-0.39, 0.29) is 17.3 Å². The summed E-state index contributed by atoms with van der Waals surface area (Å²) >= 11 is 0. The number of aliphatic hydroxyl groups is 1. The minimum absolute atomic E-state index is 0.0160. The van der Waals surface area contributed by atoms with Crippen LogP contribution in [0.1, 0.15) is 44.6 Å². The van der Waals surface area contributed by atoms with Gasteiger partial charge in [0.1, 0.15) is 5.82 Å². The molecule has 1 aromatic rings. The first-order chi connectivity index (χ1) is 9.51. The molecule has 3 rings (SSSR count). The molecule has 110 valence electrons. The van der Waals surface area contributed by atoms with Gasteiger partial charge in [0.25, 0.3) is 0 Å². The Bertz CT molecular complexity index is 480. The predicted octanol–water partition coefficient (Wildman–Crippen LogP) is 3.47. The van der Waals surface area contributed by atoms with Gasteiger partial charge in [-0.15, -0.1) is 0 Å². The Morgan fingerprint density at radius 3 is 2.80 bits per heavy atom. The highest BCUT2D eigenvalue weighted by atomic mass is 19.1. The van der Waals surface area contributed by atoms with Crippen LogP contribution in [-0.4, -0.2) is 22.9 Å². The van der Waals surface area contributed by atoms with E-state index < -0.39 is 5.60 Å². The first-order valence-corrected chi connectivity index (χ1v) is 7.61. The standard InChI is InChI=1S/C17H23FO2/c1-16(19,11-13-5-2-3-6-15(13)18)14-7-10-20-17(12-14)8-4-9-17/h2-3,5-6,14,19H,4,7-12H2,1H3. The summed E-state index contributed by atoms with van der Waals surface area (Å²) in [6.07, 6.45) is 5.60. The topological polar surface area (TPSA) is 29.5 Å². The van der Waals surface area contributed by atoms with Gasteiger partial charge in [-0.25, -0.2) is 4.39 Å². The molecule has 0 aromatic heterocycles. The number of halogens is 1. The molecule has 1 saturated heterocycles. The van der Waals surface area contributed by atoms with Crippen LogP contribution in [0.4, 0.5) is 4.39 Å². The Kier molecular flexibility index (Phi) is 3.59. The van der Waals surface area contributed by atoms with Gasteiger partial charge >= 0.3 is 0 Å². The van der Waals surface area contributed by atoms with Gasteiger partial charge in [0.15, 0.2) is 0 Å².